The highest BCUT2D eigenvalue weighted by molar-refractivity contribution is 5.96. The standard InChI is InChI=1S/C29H31N3O2/c33-27(24-14-6-2-7-15-24)22-32-26-17-10-9-16-25(26)31-28(32)18-8-3-11-21-30-29(34)20-19-23-12-4-1-5-13-23/h1-2,4-7,9-10,12-17H,3,8,11,18-22H2,(H,30,34). The minimum atomic E-state index is 0.0863. The summed E-state index contributed by atoms with van der Waals surface area (Å²) in [6.07, 6.45) is 4.98. The third-order valence-electron chi connectivity index (χ3n) is 6.01. The first kappa shape index (κ1) is 23.4. The maximum atomic E-state index is 12.8. The van der Waals surface area contributed by atoms with E-state index in [0.29, 0.717) is 18.5 Å². The molecule has 0 spiro atoms. The van der Waals surface area contributed by atoms with Crippen LogP contribution >= 0.6 is 0 Å². The van der Waals surface area contributed by atoms with Crippen molar-refractivity contribution in [2.24, 2.45) is 0 Å². The summed E-state index contributed by atoms with van der Waals surface area (Å²) in [5.74, 6) is 1.13. The molecule has 0 saturated carbocycles. The first-order chi connectivity index (χ1) is 16.7. The molecule has 0 aliphatic carbocycles. The van der Waals surface area contributed by atoms with Crippen LogP contribution in [0.4, 0.5) is 0 Å². The van der Waals surface area contributed by atoms with Gasteiger partial charge >= 0.3 is 0 Å². The SMILES string of the molecule is O=C(CCc1ccccc1)NCCCCCc1nc2ccccc2n1CC(=O)c1ccccc1. The Bertz CT molecular complexity index is 1220. The topological polar surface area (TPSA) is 64.0 Å². The number of fused-ring (bicyclic) bond motifs is 1. The zero-order chi connectivity index (χ0) is 23.6. The second kappa shape index (κ2) is 11.9. The molecule has 0 atom stereocenters. The average molecular weight is 454 g/mol. The Morgan fingerprint density at radius 2 is 1.47 bits per heavy atom. The molecule has 174 valence electrons. The van der Waals surface area contributed by atoms with Crippen molar-refractivity contribution in [2.75, 3.05) is 6.54 Å². The molecule has 1 amide bonds. The first-order valence-corrected chi connectivity index (χ1v) is 12.0. The van der Waals surface area contributed by atoms with Crippen LogP contribution in [-0.4, -0.2) is 27.8 Å². The minimum Gasteiger partial charge on any atom is -0.356 e. The predicted octanol–water partition coefficient (Wildman–Crippen LogP) is 5.38. The van der Waals surface area contributed by atoms with Crippen LogP contribution in [0.5, 0.6) is 0 Å². The third kappa shape index (κ3) is 6.41. The summed E-state index contributed by atoms with van der Waals surface area (Å²) in [6, 6.07) is 27.5. The van der Waals surface area contributed by atoms with E-state index in [-0.39, 0.29) is 18.2 Å². The molecule has 0 saturated heterocycles. The van der Waals surface area contributed by atoms with E-state index in [2.05, 4.69) is 9.88 Å². The van der Waals surface area contributed by atoms with Gasteiger partial charge in [0.15, 0.2) is 5.78 Å². The Hall–Kier alpha value is -3.73. The molecule has 3 aromatic carbocycles. The molecule has 0 radical (unpaired) electrons. The van der Waals surface area contributed by atoms with Crippen molar-refractivity contribution in [3.8, 4) is 0 Å². The Labute approximate surface area is 200 Å². The summed E-state index contributed by atoms with van der Waals surface area (Å²) < 4.78 is 2.05. The maximum absolute atomic E-state index is 12.8. The van der Waals surface area contributed by atoms with E-state index in [4.69, 9.17) is 4.98 Å². The summed E-state index contributed by atoms with van der Waals surface area (Å²) in [4.78, 5) is 29.7. The van der Waals surface area contributed by atoms with Gasteiger partial charge in [-0.15, -0.1) is 0 Å². The van der Waals surface area contributed by atoms with E-state index in [1.807, 2.05) is 84.9 Å². The molecule has 1 N–H and O–H groups in total. The molecule has 1 heterocycles. The Morgan fingerprint density at radius 3 is 2.26 bits per heavy atom. The van der Waals surface area contributed by atoms with Crippen molar-refractivity contribution in [2.45, 2.75) is 45.1 Å². The molecule has 5 heteroatoms. The number of aryl methyl sites for hydroxylation is 2. The number of para-hydroxylation sites is 2. The Balaban J connectivity index is 1.25. The predicted molar refractivity (Wildman–Crippen MR) is 136 cm³/mol. The van der Waals surface area contributed by atoms with Crippen LogP contribution in [0.25, 0.3) is 11.0 Å². The smallest absolute Gasteiger partial charge is 0.220 e. The minimum absolute atomic E-state index is 0.0863. The molecule has 0 aliphatic rings. The van der Waals surface area contributed by atoms with Gasteiger partial charge in [0.25, 0.3) is 0 Å². The van der Waals surface area contributed by atoms with E-state index in [1.165, 1.54) is 5.56 Å². The molecule has 34 heavy (non-hydrogen) atoms. The van der Waals surface area contributed by atoms with Crippen LogP contribution in [0.3, 0.4) is 0 Å². The highest BCUT2D eigenvalue weighted by Crippen LogP contribution is 2.19. The molecule has 4 rings (SSSR count). The van der Waals surface area contributed by atoms with Gasteiger partial charge in [0.1, 0.15) is 5.82 Å². The summed E-state index contributed by atoms with van der Waals surface area (Å²) in [6.45, 7) is 0.980. The van der Waals surface area contributed by atoms with E-state index < -0.39 is 0 Å². The summed E-state index contributed by atoms with van der Waals surface area (Å²) in [5.41, 5.74) is 3.82. The van der Waals surface area contributed by atoms with E-state index in [1.54, 1.807) is 0 Å². The summed E-state index contributed by atoms with van der Waals surface area (Å²) in [5, 5.41) is 3.02. The molecule has 0 aliphatic heterocycles. The first-order valence-electron chi connectivity index (χ1n) is 12.0. The maximum Gasteiger partial charge on any atom is 0.220 e. The highest BCUT2D eigenvalue weighted by atomic mass is 16.1. The molecule has 0 fully saturated rings. The zero-order valence-corrected chi connectivity index (χ0v) is 19.5. The lowest BCUT2D eigenvalue weighted by Gasteiger charge is -2.09. The van der Waals surface area contributed by atoms with Crippen molar-refractivity contribution in [1.29, 1.82) is 0 Å². The number of carbonyl (C=O) groups is 2. The zero-order valence-electron chi connectivity index (χ0n) is 19.5. The number of nitrogens with zero attached hydrogens (tertiary/aromatic N) is 2. The van der Waals surface area contributed by atoms with Gasteiger partial charge in [-0.1, -0.05) is 79.2 Å². The molecular formula is C29H31N3O2. The van der Waals surface area contributed by atoms with Crippen LogP contribution in [0.15, 0.2) is 84.9 Å². The number of nitrogens with one attached hydrogen (secondary N) is 1. The van der Waals surface area contributed by atoms with Gasteiger partial charge in [0.05, 0.1) is 17.6 Å². The van der Waals surface area contributed by atoms with Crippen LogP contribution < -0.4 is 5.32 Å². The van der Waals surface area contributed by atoms with Crippen LogP contribution in [-0.2, 0) is 24.2 Å². The number of unbranched alkanes of at least 4 members (excludes halogenated alkanes) is 2. The van der Waals surface area contributed by atoms with Gasteiger partial charge in [-0.3, -0.25) is 9.59 Å². The molecule has 0 unspecified atom stereocenters. The number of benzene rings is 3. The lowest BCUT2D eigenvalue weighted by Crippen LogP contribution is -2.24. The van der Waals surface area contributed by atoms with Crippen LogP contribution in [0, 0.1) is 0 Å². The fourth-order valence-electron chi connectivity index (χ4n) is 4.16. The number of carbonyl (C=O) groups excluding carboxylic acids is 2. The summed E-state index contributed by atoms with van der Waals surface area (Å²) >= 11 is 0. The molecule has 5 nitrogen and oxygen atoms in total. The van der Waals surface area contributed by atoms with Gasteiger partial charge in [0, 0.05) is 24.9 Å². The van der Waals surface area contributed by atoms with E-state index >= 15 is 0 Å². The number of amides is 1. The van der Waals surface area contributed by atoms with Crippen LogP contribution in [0.1, 0.15) is 47.4 Å². The number of rotatable bonds is 12. The van der Waals surface area contributed by atoms with Crippen molar-refractivity contribution >= 4 is 22.7 Å². The number of hydrogen-bond acceptors (Lipinski definition) is 3. The van der Waals surface area contributed by atoms with Gasteiger partial charge in [-0.25, -0.2) is 4.98 Å². The number of imidazole rings is 1. The second-order valence-electron chi connectivity index (χ2n) is 8.54. The Morgan fingerprint density at radius 1 is 0.765 bits per heavy atom. The largest absolute Gasteiger partial charge is 0.356 e. The number of hydrogen-bond donors (Lipinski definition) is 1. The second-order valence-corrected chi connectivity index (χ2v) is 8.54. The number of aromatic nitrogens is 2. The number of Topliss-reactive ketones (excluding diaryl/α,β-unsaturated/α-hetero) is 1. The molecule has 0 bridgehead atoms. The average Bonchev–Trinajstić information content (AvgIpc) is 3.23. The number of ketones is 1. The quantitative estimate of drug-likeness (QED) is 0.231. The monoisotopic (exact) mass is 453 g/mol. The third-order valence-corrected chi connectivity index (χ3v) is 6.01. The van der Waals surface area contributed by atoms with Crippen molar-refractivity contribution < 1.29 is 9.59 Å². The fourth-order valence-corrected chi connectivity index (χ4v) is 4.16. The Kier molecular flexibility index (Phi) is 8.22. The van der Waals surface area contributed by atoms with Crippen LogP contribution in [0.2, 0.25) is 0 Å². The molecular weight excluding hydrogens is 422 g/mol. The van der Waals surface area contributed by atoms with Gasteiger partial charge in [0.2, 0.25) is 5.91 Å². The highest BCUT2D eigenvalue weighted by Gasteiger charge is 2.14. The lowest BCUT2D eigenvalue weighted by atomic mass is 10.1. The van der Waals surface area contributed by atoms with Gasteiger partial charge in [-0.05, 0) is 37.0 Å². The lowest BCUT2D eigenvalue weighted by molar-refractivity contribution is -0.121. The molecule has 4 aromatic rings. The van der Waals surface area contributed by atoms with E-state index in [9.17, 15) is 9.59 Å². The normalized spacial score (nSPS) is 10.9. The van der Waals surface area contributed by atoms with Crippen molar-refractivity contribution in [1.82, 2.24) is 14.9 Å². The fraction of sp³-hybridized carbons (Fsp3) is 0.276. The van der Waals surface area contributed by atoms with Crippen molar-refractivity contribution in [3.05, 3.63) is 102 Å². The van der Waals surface area contributed by atoms with Crippen molar-refractivity contribution in [3.63, 3.8) is 0 Å². The van der Waals surface area contributed by atoms with E-state index in [0.717, 1.165) is 49.0 Å². The molecule has 1 aromatic heterocycles. The van der Waals surface area contributed by atoms with Gasteiger partial charge < -0.3 is 9.88 Å². The summed E-state index contributed by atoms with van der Waals surface area (Å²) in [7, 11) is 0. The van der Waals surface area contributed by atoms with Gasteiger partial charge in [-0.2, -0.15) is 0 Å².